The molecule has 0 N–H and O–H groups in total. The Morgan fingerprint density at radius 1 is 1.11 bits per heavy atom. The first kappa shape index (κ1) is 28.2. The van der Waals surface area contributed by atoms with Crippen molar-refractivity contribution in [3.63, 3.8) is 0 Å². The van der Waals surface area contributed by atoms with Crippen LogP contribution < -0.4 is 0 Å². The van der Waals surface area contributed by atoms with E-state index in [4.69, 9.17) is 25.7 Å². The molecule has 0 fully saturated rings. The fourth-order valence-electron chi connectivity index (χ4n) is 4.31. The average molecular weight is 526 g/mol. The smallest absolute Gasteiger partial charge is 0.338 e. The fourth-order valence-corrected chi connectivity index (χ4v) is 5.54. The van der Waals surface area contributed by atoms with E-state index in [1.807, 2.05) is 18.2 Å². The molecule has 1 radical (unpaired) electrons. The van der Waals surface area contributed by atoms with Gasteiger partial charge in [-0.05, 0) is 47.7 Å². The van der Waals surface area contributed by atoms with E-state index in [2.05, 4.69) is 69.6 Å². The van der Waals surface area contributed by atoms with Gasteiger partial charge in [-0.25, -0.2) is 9.78 Å². The quantitative estimate of drug-likeness (QED) is 0.201. The zero-order valence-corrected chi connectivity index (χ0v) is 24.3. The van der Waals surface area contributed by atoms with Gasteiger partial charge < -0.3 is 13.7 Å². The van der Waals surface area contributed by atoms with Gasteiger partial charge in [0.1, 0.15) is 5.82 Å². The van der Waals surface area contributed by atoms with Crippen LogP contribution in [0.25, 0.3) is 11.1 Å². The molecule has 3 aromatic rings. The molecule has 0 saturated carbocycles. The Balaban J connectivity index is 2.01. The number of nitrogens with zero attached hydrogens (tertiary/aromatic N) is 2. The van der Waals surface area contributed by atoms with Gasteiger partial charge in [-0.2, -0.15) is 0 Å². The molecule has 0 aliphatic heterocycles. The van der Waals surface area contributed by atoms with Crippen LogP contribution in [0.5, 0.6) is 0 Å². The van der Waals surface area contributed by atoms with Crippen molar-refractivity contribution in [3.05, 3.63) is 76.3 Å². The Morgan fingerprint density at radius 2 is 1.78 bits per heavy atom. The van der Waals surface area contributed by atoms with Crippen molar-refractivity contribution >= 4 is 26.6 Å². The van der Waals surface area contributed by atoms with Crippen molar-refractivity contribution in [1.29, 1.82) is 0 Å². The van der Waals surface area contributed by atoms with E-state index in [1.54, 1.807) is 6.07 Å². The number of rotatable bonds is 10. The number of imidazole rings is 1. The maximum atomic E-state index is 12.2. The summed E-state index contributed by atoms with van der Waals surface area (Å²) in [6.45, 7) is 13.7. The van der Waals surface area contributed by atoms with Crippen LogP contribution in [0.4, 0.5) is 0 Å². The highest BCUT2D eigenvalue weighted by Crippen LogP contribution is 2.40. The maximum absolute atomic E-state index is 12.2. The first-order valence-electron chi connectivity index (χ1n) is 12.5. The maximum Gasteiger partial charge on any atom is 0.338 e. The Kier molecular flexibility index (Phi) is 9.56. The highest BCUT2D eigenvalue weighted by Gasteiger charge is 2.34. The van der Waals surface area contributed by atoms with Gasteiger partial charge in [0.25, 0.3) is 0 Å². The molecule has 3 rings (SSSR count). The lowest BCUT2D eigenvalue weighted by Gasteiger charge is -2.33. The molecule has 5 nitrogen and oxygen atoms in total. The second-order valence-corrected chi connectivity index (χ2v) is 12.8. The SMILES string of the molecule is CCCCc1nc(Cl)c(C(O[Si](C)C)C(C)(C)C)n1Cc1ccc(-c2ccccc2C(=O)OC)cc1. The van der Waals surface area contributed by atoms with Gasteiger partial charge in [0.15, 0.2) is 5.15 Å². The normalized spacial score (nSPS) is 12.7. The van der Waals surface area contributed by atoms with E-state index >= 15 is 0 Å². The summed E-state index contributed by atoms with van der Waals surface area (Å²) in [5, 5.41) is 0.535. The third-order valence-electron chi connectivity index (χ3n) is 6.12. The molecule has 0 bridgehead atoms. The van der Waals surface area contributed by atoms with Gasteiger partial charge in [-0.1, -0.05) is 88.2 Å². The second-order valence-electron chi connectivity index (χ2n) is 10.4. The van der Waals surface area contributed by atoms with Crippen LogP contribution in [-0.4, -0.2) is 31.7 Å². The zero-order valence-electron chi connectivity index (χ0n) is 22.5. The van der Waals surface area contributed by atoms with Gasteiger partial charge in [0, 0.05) is 13.0 Å². The summed E-state index contributed by atoms with van der Waals surface area (Å²) < 4.78 is 13.7. The number of unbranched alkanes of at least 4 members (excludes halogenated alkanes) is 1. The van der Waals surface area contributed by atoms with Gasteiger partial charge in [0.05, 0.1) is 24.5 Å². The summed E-state index contributed by atoms with van der Waals surface area (Å²) in [6.07, 6.45) is 2.86. The highest BCUT2D eigenvalue weighted by atomic mass is 35.5. The molecular formula is C29H38ClN2O3Si. The molecule has 36 heavy (non-hydrogen) atoms. The Morgan fingerprint density at radius 3 is 2.36 bits per heavy atom. The zero-order chi connectivity index (χ0) is 26.5. The minimum absolute atomic E-state index is 0.132. The molecule has 0 amide bonds. The average Bonchev–Trinajstić information content (AvgIpc) is 3.14. The van der Waals surface area contributed by atoms with Crippen LogP contribution in [0.15, 0.2) is 48.5 Å². The molecule has 2 aromatic carbocycles. The van der Waals surface area contributed by atoms with Crippen molar-refractivity contribution < 1.29 is 14.0 Å². The number of halogens is 1. The molecular weight excluding hydrogens is 488 g/mol. The van der Waals surface area contributed by atoms with Gasteiger partial charge in [-0.3, -0.25) is 0 Å². The van der Waals surface area contributed by atoms with Crippen molar-refractivity contribution in [2.75, 3.05) is 7.11 Å². The van der Waals surface area contributed by atoms with Crippen LogP contribution in [0, 0.1) is 5.41 Å². The number of carbonyl (C=O) groups is 1. The standard InChI is InChI=1S/C29H38ClN2O3Si/c1-8-9-14-24-31-27(30)25(26(29(2,3)4)35-36(6)7)32(24)19-20-15-17-21(18-16-20)22-12-10-11-13-23(22)28(33)34-5/h10-13,15-18,26H,8-9,14,19H2,1-7H3. The summed E-state index contributed by atoms with van der Waals surface area (Å²) in [7, 11) is 0.443. The third-order valence-corrected chi connectivity index (χ3v) is 7.11. The van der Waals surface area contributed by atoms with Crippen LogP contribution in [-0.2, 0) is 22.1 Å². The lowest BCUT2D eigenvalue weighted by molar-refractivity contribution is 0.0601. The second kappa shape index (κ2) is 12.2. The molecule has 1 unspecified atom stereocenters. The van der Waals surface area contributed by atoms with Crippen LogP contribution in [0.3, 0.4) is 0 Å². The van der Waals surface area contributed by atoms with E-state index in [1.165, 1.54) is 7.11 Å². The summed E-state index contributed by atoms with van der Waals surface area (Å²) in [5.41, 5.74) is 4.34. The number of hydrogen-bond acceptors (Lipinski definition) is 4. The van der Waals surface area contributed by atoms with Crippen LogP contribution >= 0.6 is 11.6 Å². The number of ether oxygens (including phenoxy) is 1. The molecule has 0 aliphatic rings. The summed E-state index contributed by atoms with van der Waals surface area (Å²) in [6, 6.07) is 15.8. The largest absolute Gasteiger partial charge is 0.465 e. The molecule has 1 aromatic heterocycles. The predicted molar refractivity (Wildman–Crippen MR) is 149 cm³/mol. The molecule has 7 heteroatoms. The minimum Gasteiger partial charge on any atom is -0.465 e. The molecule has 193 valence electrons. The van der Waals surface area contributed by atoms with Gasteiger partial charge in [-0.15, -0.1) is 0 Å². The number of benzene rings is 2. The van der Waals surface area contributed by atoms with E-state index in [0.29, 0.717) is 17.3 Å². The lowest BCUT2D eigenvalue weighted by Crippen LogP contribution is -2.28. The lowest BCUT2D eigenvalue weighted by atomic mass is 9.87. The number of hydrogen-bond donors (Lipinski definition) is 0. The van der Waals surface area contributed by atoms with Gasteiger partial charge >= 0.3 is 5.97 Å². The molecule has 0 spiro atoms. The summed E-state index contributed by atoms with van der Waals surface area (Å²) in [4.78, 5) is 17.0. The Hall–Kier alpha value is -2.41. The summed E-state index contributed by atoms with van der Waals surface area (Å²) >= 11 is 6.80. The minimum atomic E-state index is -0.962. The van der Waals surface area contributed by atoms with Gasteiger partial charge in [0.2, 0.25) is 9.04 Å². The highest BCUT2D eigenvalue weighted by molar-refractivity contribution is 6.48. The monoisotopic (exact) mass is 525 g/mol. The molecule has 1 atom stereocenters. The fraction of sp³-hybridized carbons (Fsp3) is 0.448. The van der Waals surface area contributed by atoms with Crippen molar-refractivity contribution in [2.45, 2.75) is 72.7 Å². The first-order chi connectivity index (χ1) is 17.1. The number of carbonyl (C=O) groups excluding carboxylic acids is 1. The molecule has 0 saturated heterocycles. The van der Waals surface area contributed by atoms with Crippen molar-refractivity contribution in [3.8, 4) is 11.1 Å². The van der Waals surface area contributed by atoms with E-state index < -0.39 is 9.04 Å². The predicted octanol–water partition coefficient (Wildman–Crippen LogP) is 7.74. The van der Waals surface area contributed by atoms with E-state index in [9.17, 15) is 4.79 Å². The summed E-state index contributed by atoms with van der Waals surface area (Å²) in [5.74, 6) is 0.657. The van der Waals surface area contributed by atoms with E-state index in [0.717, 1.165) is 47.5 Å². The topological polar surface area (TPSA) is 53.4 Å². The Bertz CT molecular complexity index is 1170. The van der Waals surface area contributed by atoms with Crippen molar-refractivity contribution in [2.24, 2.45) is 5.41 Å². The van der Waals surface area contributed by atoms with E-state index in [-0.39, 0.29) is 17.5 Å². The number of aryl methyl sites for hydroxylation is 1. The third kappa shape index (κ3) is 6.66. The Labute approximate surface area is 222 Å². The number of methoxy groups -OCH3 is 1. The number of aromatic nitrogens is 2. The first-order valence-corrected chi connectivity index (χ1v) is 15.3. The van der Waals surface area contributed by atoms with Crippen LogP contribution in [0.2, 0.25) is 18.2 Å². The molecule has 0 aliphatic carbocycles. The van der Waals surface area contributed by atoms with Crippen LogP contribution in [0.1, 0.15) is 74.1 Å². The molecule has 1 heterocycles. The van der Waals surface area contributed by atoms with Crippen molar-refractivity contribution in [1.82, 2.24) is 9.55 Å². The number of esters is 1.